The summed E-state index contributed by atoms with van der Waals surface area (Å²) >= 11 is 0. The second-order valence-electron chi connectivity index (χ2n) is 8.48. The first kappa shape index (κ1) is 20.8. The number of nitrogens with zero attached hydrogens (tertiary/aromatic N) is 1. The molecule has 3 aromatic rings. The number of nitrogens with one attached hydrogen (secondary N) is 1. The predicted molar refractivity (Wildman–Crippen MR) is 120 cm³/mol. The number of aliphatic hydroxyl groups is 1. The molecule has 160 valence electrons. The van der Waals surface area contributed by atoms with Crippen LogP contribution in [0.2, 0.25) is 0 Å². The number of benzene rings is 2. The molecular weight excluding hydrogens is 376 g/mol. The number of piperidine rings is 1. The number of aryl methyl sites for hydroxylation is 2. The van der Waals surface area contributed by atoms with E-state index in [1.54, 1.807) is 0 Å². The minimum Gasteiger partial charge on any atom is -0.493 e. The maximum absolute atomic E-state index is 10.5. The van der Waals surface area contributed by atoms with Crippen LogP contribution in [-0.4, -0.2) is 53.9 Å². The van der Waals surface area contributed by atoms with Crippen LogP contribution in [0.5, 0.6) is 11.5 Å². The third-order valence-electron chi connectivity index (χ3n) is 5.98. The Bertz CT molecular complexity index is 960. The molecule has 2 aromatic carbocycles. The van der Waals surface area contributed by atoms with Gasteiger partial charge in [0.25, 0.3) is 0 Å². The molecule has 0 amide bonds. The van der Waals surface area contributed by atoms with E-state index in [-0.39, 0.29) is 0 Å². The molecule has 2 N–H and O–H groups in total. The number of likely N-dealkylation sites (tertiary alicyclic amines) is 1. The summed E-state index contributed by atoms with van der Waals surface area (Å²) in [4.78, 5) is 5.52. The van der Waals surface area contributed by atoms with E-state index in [9.17, 15) is 5.11 Å². The van der Waals surface area contributed by atoms with Gasteiger partial charge in [0.15, 0.2) is 0 Å². The molecule has 0 radical (unpaired) electrons. The van der Waals surface area contributed by atoms with Gasteiger partial charge in [-0.3, -0.25) is 0 Å². The SMILES string of the molecule is Cc1ccc(C)c(OCC2CCN(CC(O)COc3cccc4[nH]ccc34)CC2)c1. The van der Waals surface area contributed by atoms with Crippen LogP contribution < -0.4 is 9.47 Å². The van der Waals surface area contributed by atoms with Gasteiger partial charge in [0, 0.05) is 23.6 Å². The Balaban J connectivity index is 1.19. The average Bonchev–Trinajstić information content (AvgIpc) is 3.23. The van der Waals surface area contributed by atoms with E-state index in [2.05, 4.69) is 41.9 Å². The Morgan fingerprint density at radius 1 is 1.07 bits per heavy atom. The minimum absolute atomic E-state index is 0.306. The average molecular weight is 409 g/mol. The van der Waals surface area contributed by atoms with Gasteiger partial charge in [-0.15, -0.1) is 0 Å². The Kier molecular flexibility index (Phi) is 6.60. The molecule has 1 unspecified atom stereocenters. The molecule has 2 heterocycles. The van der Waals surface area contributed by atoms with Crippen molar-refractivity contribution in [2.75, 3.05) is 32.8 Å². The standard InChI is InChI=1S/C25H32N2O3/c1-18-6-7-19(2)25(14-18)29-16-20-9-12-27(13-10-20)15-21(28)17-30-24-5-3-4-23-22(24)8-11-26-23/h3-8,11,14,20-21,26,28H,9-10,12-13,15-17H2,1-2H3. The van der Waals surface area contributed by atoms with Gasteiger partial charge in [0.2, 0.25) is 0 Å². The summed E-state index contributed by atoms with van der Waals surface area (Å²) in [6.45, 7) is 7.89. The summed E-state index contributed by atoms with van der Waals surface area (Å²) in [7, 11) is 0. The Morgan fingerprint density at radius 3 is 2.73 bits per heavy atom. The second-order valence-corrected chi connectivity index (χ2v) is 8.48. The highest BCUT2D eigenvalue weighted by Gasteiger charge is 2.22. The Morgan fingerprint density at radius 2 is 1.90 bits per heavy atom. The van der Waals surface area contributed by atoms with Crippen LogP contribution in [0.4, 0.5) is 0 Å². The van der Waals surface area contributed by atoms with Gasteiger partial charge in [0.1, 0.15) is 24.2 Å². The molecule has 0 bridgehead atoms. The number of hydrogen-bond acceptors (Lipinski definition) is 4. The number of fused-ring (bicyclic) bond motifs is 1. The van der Waals surface area contributed by atoms with E-state index in [0.717, 1.165) is 54.9 Å². The molecule has 1 fully saturated rings. The summed E-state index contributed by atoms with van der Waals surface area (Å²) < 4.78 is 12.0. The van der Waals surface area contributed by atoms with Crippen molar-refractivity contribution in [2.45, 2.75) is 32.8 Å². The zero-order chi connectivity index (χ0) is 20.9. The molecule has 0 saturated carbocycles. The van der Waals surface area contributed by atoms with Gasteiger partial charge < -0.3 is 24.5 Å². The van der Waals surface area contributed by atoms with Gasteiger partial charge in [-0.2, -0.15) is 0 Å². The zero-order valence-electron chi connectivity index (χ0n) is 17.9. The van der Waals surface area contributed by atoms with Crippen LogP contribution in [0.1, 0.15) is 24.0 Å². The summed E-state index contributed by atoms with van der Waals surface area (Å²) in [6, 6.07) is 14.3. The van der Waals surface area contributed by atoms with Crippen molar-refractivity contribution >= 4 is 10.9 Å². The molecule has 1 aliphatic rings. The maximum atomic E-state index is 10.5. The van der Waals surface area contributed by atoms with Crippen LogP contribution >= 0.6 is 0 Å². The van der Waals surface area contributed by atoms with Crippen LogP contribution in [0.25, 0.3) is 10.9 Å². The zero-order valence-corrected chi connectivity index (χ0v) is 17.9. The number of rotatable bonds is 8. The topological polar surface area (TPSA) is 57.7 Å². The summed E-state index contributed by atoms with van der Waals surface area (Å²) in [5, 5.41) is 11.5. The summed E-state index contributed by atoms with van der Waals surface area (Å²) in [6.07, 6.45) is 3.60. The fourth-order valence-electron chi connectivity index (χ4n) is 4.13. The van der Waals surface area contributed by atoms with Crippen molar-refractivity contribution in [3.05, 3.63) is 59.8 Å². The highest BCUT2D eigenvalue weighted by molar-refractivity contribution is 5.85. The molecule has 5 heteroatoms. The van der Waals surface area contributed by atoms with Crippen molar-refractivity contribution < 1.29 is 14.6 Å². The third kappa shape index (κ3) is 5.15. The third-order valence-corrected chi connectivity index (χ3v) is 5.98. The number of hydrogen-bond donors (Lipinski definition) is 2. The monoisotopic (exact) mass is 408 g/mol. The van der Waals surface area contributed by atoms with Gasteiger partial charge in [-0.05, 0) is 81.1 Å². The fraction of sp³-hybridized carbons (Fsp3) is 0.440. The molecule has 5 nitrogen and oxygen atoms in total. The van der Waals surface area contributed by atoms with Crippen molar-refractivity contribution in [2.24, 2.45) is 5.92 Å². The predicted octanol–water partition coefficient (Wildman–Crippen LogP) is 4.32. The number of aromatic nitrogens is 1. The molecule has 1 atom stereocenters. The van der Waals surface area contributed by atoms with Gasteiger partial charge in [-0.1, -0.05) is 18.2 Å². The summed E-state index contributed by atoms with van der Waals surface area (Å²) in [5.74, 6) is 2.39. The number of aromatic amines is 1. The Labute approximate surface area is 178 Å². The maximum Gasteiger partial charge on any atom is 0.128 e. The Hall–Kier alpha value is -2.50. The lowest BCUT2D eigenvalue weighted by Gasteiger charge is -2.33. The molecule has 1 saturated heterocycles. The van der Waals surface area contributed by atoms with Crippen molar-refractivity contribution in [3.8, 4) is 11.5 Å². The van der Waals surface area contributed by atoms with Crippen LogP contribution in [0.15, 0.2) is 48.7 Å². The smallest absolute Gasteiger partial charge is 0.128 e. The highest BCUT2D eigenvalue weighted by Crippen LogP contribution is 2.25. The highest BCUT2D eigenvalue weighted by atomic mass is 16.5. The molecule has 0 aliphatic carbocycles. The molecule has 4 rings (SSSR count). The lowest BCUT2D eigenvalue weighted by atomic mass is 9.97. The number of H-pyrrole nitrogens is 1. The first-order valence-corrected chi connectivity index (χ1v) is 10.9. The van der Waals surface area contributed by atoms with E-state index >= 15 is 0 Å². The van der Waals surface area contributed by atoms with Crippen molar-refractivity contribution in [3.63, 3.8) is 0 Å². The lowest BCUT2D eigenvalue weighted by Crippen LogP contribution is -2.41. The van der Waals surface area contributed by atoms with E-state index in [0.29, 0.717) is 19.1 Å². The van der Waals surface area contributed by atoms with Gasteiger partial charge in [-0.25, -0.2) is 0 Å². The quantitative estimate of drug-likeness (QED) is 0.583. The largest absolute Gasteiger partial charge is 0.493 e. The number of ether oxygens (including phenoxy) is 2. The van der Waals surface area contributed by atoms with E-state index in [1.807, 2.05) is 30.5 Å². The minimum atomic E-state index is -0.498. The molecule has 30 heavy (non-hydrogen) atoms. The fourth-order valence-corrected chi connectivity index (χ4v) is 4.13. The van der Waals surface area contributed by atoms with E-state index in [4.69, 9.17) is 9.47 Å². The summed E-state index contributed by atoms with van der Waals surface area (Å²) in [5.41, 5.74) is 3.47. The van der Waals surface area contributed by atoms with Gasteiger partial charge in [0.05, 0.1) is 6.61 Å². The molecular formula is C25H32N2O3. The first-order valence-electron chi connectivity index (χ1n) is 10.9. The van der Waals surface area contributed by atoms with Gasteiger partial charge >= 0.3 is 0 Å². The first-order chi connectivity index (χ1) is 14.6. The van der Waals surface area contributed by atoms with Crippen molar-refractivity contribution in [1.29, 1.82) is 0 Å². The van der Waals surface area contributed by atoms with Crippen molar-refractivity contribution in [1.82, 2.24) is 9.88 Å². The molecule has 1 aliphatic heterocycles. The van der Waals surface area contributed by atoms with E-state index < -0.39 is 6.10 Å². The number of β-amino-alcohol motifs (C(OH)–C–C–N with tert-alkyl or cyclic N) is 1. The number of aliphatic hydroxyl groups excluding tert-OH is 1. The normalized spacial score (nSPS) is 16.6. The van der Waals surface area contributed by atoms with Crippen LogP contribution in [0, 0.1) is 19.8 Å². The van der Waals surface area contributed by atoms with Crippen LogP contribution in [0.3, 0.4) is 0 Å². The van der Waals surface area contributed by atoms with Crippen LogP contribution in [-0.2, 0) is 0 Å². The molecule has 0 spiro atoms. The molecule has 1 aromatic heterocycles. The lowest BCUT2D eigenvalue weighted by molar-refractivity contribution is 0.0507. The van der Waals surface area contributed by atoms with E-state index in [1.165, 1.54) is 11.1 Å². The second kappa shape index (κ2) is 9.54.